The Morgan fingerprint density at radius 1 is 1.33 bits per heavy atom. The minimum Gasteiger partial charge on any atom is -0.481 e. The van der Waals surface area contributed by atoms with Crippen LogP contribution in [0.15, 0.2) is 18.2 Å². The van der Waals surface area contributed by atoms with Gasteiger partial charge in [-0.3, -0.25) is 4.79 Å². The monoisotopic (exact) mass is 249 g/mol. The molecule has 1 atom stereocenters. The molecule has 0 amide bonds. The van der Waals surface area contributed by atoms with Crippen LogP contribution in [0.5, 0.6) is 0 Å². The van der Waals surface area contributed by atoms with E-state index in [1.54, 1.807) is 0 Å². The zero-order valence-corrected chi connectivity index (χ0v) is 11.9. The lowest BCUT2D eigenvalue weighted by Crippen LogP contribution is -2.33. The highest BCUT2D eigenvalue weighted by Crippen LogP contribution is 2.23. The number of hydrogen-bond donors (Lipinski definition) is 1. The number of anilines is 1. The summed E-state index contributed by atoms with van der Waals surface area (Å²) in [6.45, 7) is 8.55. The van der Waals surface area contributed by atoms with Crippen LogP contribution in [0.2, 0.25) is 0 Å². The first-order valence-electron chi connectivity index (χ1n) is 6.34. The summed E-state index contributed by atoms with van der Waals surface area (Å²) in [6, 6.07) is 6.25. The van der Waals surface area contributed by atoms with Gasteiger partial charge in [0, 0.05) is 19.3 Å². The number of hydrogen-bond acceptors (Lipinski definition) is 2. The van der Waals surface area contributed by atoms with Gasteiger partial charge in [0.15, 0.2) is 0 Å². The molecule has 1 N–H and O–H groups in total. The first-order valence-corrected chi connectivity index (χ1v) is 6.34. The Morgan fingerprint density at radius 2 is 1.94 bits per heavy atom. The summed E-state index contributed by atoms with van der Waals surface area (Å²) in [7, 11) is 1.96. The van der Waals surface area contributed by atoms with Crippen molar-refractivity contribution in [2.24, 2.45) is 11.8 Å². The van der Waals surface area contributed by atoms with Crippen molar-refractivity contribution in [1.29, 1.82) is 0 Å². The third-order valence-electron chi connectivity index (χ3n) is 3.37. The van der Waals surface area contributed by atoms with Gasteiger partial charge in [0.1, 0.15) is 0 Å². The number of aryl methyl sites for hydroxylation is 2. The summed E-state index contributed by atoms with van der Waals surface area (Å²) >= 11 is 0. The average molecular weight is 249 g/mol. The van der Waals surface area contributed by atoms with Crippen LogP contribution in [0.3, 0.4) is 0 Å². The van der Waals surface area contributed by atoms with Gasteiger partial charge >= 0.3 is 5.97 Å². The third kappa shape index (κ3) is 3.49. The Bertz CT molecular complexity index is 427. The van der Waals surface area contributed by atoms with Crippen molar-refractivity contribution in [2.45, 2.75) is 27.7 Å². The van der Waals surface area contributed by atoms with E-state index in [2.05, 4.69) is 25.1 Å². The van der Waals surface area contributed by atoms with Crippen LogP contribution in [-0.4, -0.2) is 24.7 Å². The maximum absolute atomic E-state index is 11.2. The molecule has 0 aliphatic carbocycles. The van der Waals surface area contributed by atoms with E-state index < -0.39 is 5.97 Å². The second-order valence-electron chi connectivity index (χ2n) is 5.36. The summed E-state index contributed by atoms with van der Waals surface area (Å²) in [6.07, 6.45) is 0. The van der Waals surface area contributed by atoms with Crippen molar-refractivity contribution >= 4 is 11.7 Å². The number of benzene rings is 1. The van der Waals surface area contributed by atoms with Crippen molar-refractivity contribution in [1.82, 2.24) is 0 Å². The van der Waals surface area contributed by atoms with E-state index in [1.165, 1.54) is 11.1 Å². The topological polar surface area (TPSA) is 40.5 Å². The molecule has 0 aromatic heterocycles. The van der Waals surface area contributed by atoms with Crippen molar-refractivity contribution < 1.29 is 9.90 Å². The molecule has 0 aliphatic heterocycles. The van der Waals surface area contributed by atoms with Gasteiger partial charge in [-0.05, 0) is 37.0 Å². The predicted molar refractivity (Wildman–Crippen MR) is 75.1 cm³/mol. The second-order valence-corrected chi connectivity index (χ2v) is 5.36. The smallest absolute Gasteiger partial charge is 0.308 e. The highest BCUT2D eigenvalue weighted by atomic mass is 16.4. The lowest BCUT2D eigenvalue weighted by atomic mass is 9.95. The summed E-state index contributed by atoms with van der Waals surface area (Å²) in [5.41, 5.74) is 3.48. The van der Waals surface area contributed by atoms with Crippen LogP contribution in [0.1, 0.15) is 25.0 Å². The van der Waals surface area contributed by atoms with Gasteiger partial charge in [0.2, 0.25) is 0 Å². The molecule has 3 heteroatoms. The molecule has 3 nitrogen and oxygen atoms in total. The fraction of sp³-hybridized carbons (Fsp3) is 0.533. The summed E-state index contributed by atoms with van der Waals surface area (Å²) in [5, 5.41) is 9.24. The molecule has 18 heavy (non-hydrogen) atoms. The molecular formula is C15H23NO2. The molecule has 0 saturated carbocycles. The Hall–Kier alpha value is -1.51. The largest absolute Gasteiger partial charge is 0.481 e. The zero-order valence-electron chi connectivity index (χ0n) is 11.9. The number of carbonyl (C=O) groups is 1. The molecule has 1 rings (SSSR count). The minimum atomic E-state index is -0.720. The van der Waals surface area contributed by atoms with Gasteiger partial charge in [-0.25, -0.2) is 0 Å². The Morgan fingerprint density at radius 3 is 2.44 bits per heavy atom. The second kappa shape index (κ2) is 5.89. The van der Waals surface area contributed by atoms with Crippen molar-refractivity contribution in [2.75, 3.05) is 18.5 Å². The van der Waals surface area contributed by atoms with Gasteiger partial charge in [-0.1, -0.05) is 26.0 Å². The zero-order chi connectivity index (χ0) is 13.9. The first-order chi connectivity index (χ1) is 8.32. The summed E-state index contributed by atoms with van der Waals surface area (Å²) in [4.78, 5) is 13.3. The Kier molecular flexibility index (Phi) is 4.76. The predicted octanol–water partition coefficient (Wildman–Crippen LogP) is 3.10. The normalized spacial score (nSPS) is 12.6. The molecule has 0 radical (unpaired) electrons. The standard InChI is InChI=1S/C15H23NO2/c1-10(2)13(15(17)18)9-16(5)14-8-11(3)6-7-12(14)4/h6-8,10,13H,9H2,1-5H3,(H,17,18). The number of carboxylic acids is 1. The van der Waals surface area contributed by atoms with Crippen LogP contribution < -0.4 is 4.90 Å². The molecule has 1 unspecified atom stereocenters. The molecule has 1 aromatic rings. The number of nitrogens with zero attached hydrogens (tertiary/aromatic N) is 1. The van der Waals surface area contributed by atoms with Gasteiger partial charge in [0.25, 0.3) is 0 Å². The maximum Gasteiger partial charge on any atom is 0.308 e. The van der Waals surface area contributed by atoms with E-state index in [0.29, 0.717) is 6.54 Å². The van der Waals surface area contributed by atoms with Gasteiger partial charge < -0.3 is 10.0 Å². The van der Waals surface area contributed by atoms with Crippen LogP contribution >= 0.6 is 0 Å². The van der Waals surface area contributed by atoms with E-state index in [0.717, 1.165) is 5.69 Å². The molecule has 0 spiro atoms. The average Bonchev–Trinajstić information content (AvgIpc) is 2.28. The SMILES string of the molecule is Cc1ccc(C)c(N(C)CC(C(=O)O)C(C)C)c1. The summed E-state index contributed by atoms with van der Waals surface area (Å²) in [5.74, 6) is -0.924. The van der Waals surface area contributed by atoms with E-state index in [9.17, 15) is 9.90 Å². The van der Waals surface area contributed by atoms with Crippen molar-refractivity contribution in [3.8, 4) is 0 Å². The quantitative estimate of drug-likeness (QED) is 0.871. The maximum atomic E-state index is 11.2. The Balaban J connectivity index is 2.90. The van der Waals surface area contributed by atoms with Gasteiger partial charge in [0.05, 0.1) is 5.92 Å². The van der Waals surface area contributed by atoms with E-state index in [-0.39, 0.29) is 11.8 Å². The number of carboxylic acid groups (broad SMARTS) is 1. The fourth-order valence-electron chi connectivity index (χ4n) is 2.10. The molecule has 0 saturated heterocycles. The van der Waals surface area contributed by atoms with E-state index >= 15 is 0 Å². The first kappa shape index (κ1) is 14.6. The molecule has 0 fully saturated rings. The van der Waals surface area contributed by atoms with Crippen LogP contribution in [-0.2, 0) is 4.79 Å². The molecular weight excluding hydrogens is 226 g/mol. The summed E-state index contributed by atoms with van der Waals surface area (Å²) < 4.78 is 0. The number of aliphatic carboxylic acids is 1. The molecule has 100 valence electrons. The van der Waals surface area contributed by atoms with E-state index in [1.807, 2.05) is 32.7 Å². The van der Waals surface area contributed by atoms with Crippen molar-refractivity contribution in [3.05, 3.63) is 29.3 Å². The fourth-order valence-corrected chi connectivity index (χ4v) is 2.10. The Labute approximate surface area is 109 Å². The van der Waals surface area contributed by atoms with E-state index in [4.69, 9.17) is 0 Å². The molecule has 0 aliphatic rings. The molecule has 0 bridgehead atoms. The van der Waals surface area contributed by atoms with Gasteiger partial charge in [-0.2, -0.15) is 0 Å². The van der Waals surface area contributed by atoms with Crippen LogP contribution in [0.25, 0.3) is 0 Å². The van der Waals surface area contributed by atoms with Gasteiger partial charge in [-0.15, -0.1) is 0 Å². The molecule has 1 aromatic carbocycles. The lowest BCUT2D eigenvalue weighted by Gasteiger charge is -2.27. The number of rotatable bonds is 5. The van der Waals surface area contributed by atoms with Crippen LogP contribution in [0.4, 0.5) is 5.69 Å². The lowest BCUT2D eigenvalue weighted by molar-refractivity contribution is -0.142. The van der Waals surface area contributed by atoms with Crippen LogP contribution in [0, 0.1) is 25.7 Å². The molecule has 0 heterocycles. The minimum absolute atomic E-state index is 0.134. The highest BCUT2D eigenvalue weighted by Gasteiger charge is 2.23. The van der Waals surface area contributed by atoms with Crippen molar-refractivity contribution in [3.63, 3.8) is 0 Å². The third-order valence-corrected chi connectivity index (χ3v) is 3.37. The highest BCUT2D eigenvalue weighted by molar-refractivity contribution is 5.71.